The van der Waals surface area contributed by atoms with E-state index in [9.17, 15) is 4.79 Å². The predicted octanol–water partition coefficient (Wildman–Crippen LogP) is 6.96. The van der Waals surface area contributed by atoms with E-state index in [4.69, 9.17) is 47.4 Å². The van der Waals surface area contributed by atoms with Crippen LogP contribution in [-0.4, -0.2) is 132 Å². The van der Waals surface area contributed by atoms with Gasteiger partial charge < -0.3 is 47.4 Å². The van der Waals surface area contributed by atoms with E-state index < -0.39 is 0 Å². The normalized spacial score (nSPS) is 11.5. The van der Waals surface area contributed by atoms with Crippen LogP contribution < -0.4 is 0 Å². The number of ether oxygens (including phenoxy) is 10. The van der Waals surface area contributed by atoms with E-state index >= 15 is 0 Å². The van der Waals surface area contributed by atoms with Crippen LogP contribution in [0.3, 0.4) is 0 Å². The number of esters is 1. The maximum Gasteiger partial charge on any atom is 0.305 e. The molecule has 0 heterocycles. The van der Waals surface area contributed by atoms with Gasteiger partial charge in [0.05, 0.1) is 112 Å². The molecule has 0 saturated carbocycles. The van der Waals surface area contributed by atoms with Gasteiger partial charge in [0, 0.05) is 13.0 Å². The fourth-order valence-corrected chi connectivity index (χ4v) is 4.71. The van der Waals surface area contributed by atoms with Crippen LogP contribution in [0.15, 0.2) is 0 Å². The molecule has 0 radical (unpaired) electrons. The van der Waals surface area contributed by atoms with Gasteiger partial charge in [0.25, 0.3) is 0 Å². The first-order valence-electron chi connectivity index (χ1n) is 19.7. The molecule has 294 valence electrons. The van der Waals surface area contributed by atoms with Gasteiger partial charge in [-0.05, 0) is 12.8 Å². The Labute approximate surface area is 300 Å². The van der Waals surface area contributed by atoms with Crippen molar-refractivity contribution in [3.8, 4) is 0 Å². The first kappa shape index (κ1) is 48.1. The minimum Gasteiger partial charge on any atom is -0.463 e. The van der Waals surface area contributed by atoms with Gasteiger partial charge in [-0.15, -0.1) is 0 Å². The monoisotopic (exact) mass is 709 g/mol. The van der Waals surface area contributed by atoms with E-state index in [0.717, 1.165) is 25.9 Å². The smallest absolute Gasteiger partial charge is 0.305 e. The lowest BCUT2D eigenvalue weighted by Gasteiger charge is -2.09. The highest BCUT2D eigenvalue weighted by Gasteiger charge is 2.03. The minimum absolute atomic E-state index is 0.136. The molecular formula is C38H76O11. The highest BCUT2D eigenvalue weighted by molar-refractivity contribution is 5.69. The molecule has 0 aromatic rings. The van der Waals surface area contributed by atoms with Crippen molar-refractivity contribution in [3.63, 3.8) is 0 Å². The molecule has 0 rings (SSSR count). The van der Waals surface area contributed by atoms with Crippen LogP contribution in [0.1, 0.15) is 117 Å². The summed E-state index contributed by atoms with van der Waals surface area (Å²) in [7, 11) is 0. The lowest BCUT2D eigenvalue weighted by molar-refractivity contribution is -0.145. The highest BCUT2D eigenvalue weighted by Crippen LogP contribution is 2.09. The number of carbonyl (C=O) groups is 1. The molecule has 0 bridgehead atoms. The standard InChI is InChI=1S/C38H76O11/c1-3-5-7-9-11-13-15-17-19-40-20-21-41-22-23-42-24-25-43-26-27-44-28-29-45-30-31-46-32-33-47-34-35-48-36-37-49-38(39)18-16-14-12-10-8-6-4-2/h3-37H2,1-2H3. The minimum atomic E-state index is -0.136. The van der Waals surface area contributed by atoms with Crippen LogP contribution in [0.4, 0.5) is 0 Å². The number of carbonyl (C=O) groups excluding carboxylic acids is 1. The molecule has 0 aromatic heterocycles. The van der Waals surface area contributed by atoms with Crippen LogP contribution in [0.2, 0.25) is 0 Å². The summed E-state index contributed by atoms with van der Waals surface area (Å²) >= 11 is 0. The van der Waals surface area contributed by atoms with Crippen LogP contribution in [0, 0.1) is 0 Å². The highest BCUT2D eigenvalue weighted by atomic mass is 16.6. The molecule has 0 aliphatic heterocycles. The van der Waals surface area contributed by atoms with Gasteiger partial charge >= 0.3 is 5.97 Å². The van der Waals surface area contributed by atoms with Gasteiger partial charge in [0.2, 0.25) is 0 Å². The Morgan fingerprint density at radius 2 is 0.531 bits per heavy atom. The van der Waals surface area contributed by atoms with E-state index in [2.05, 4.69) is 13.8 Å². The summed E-state index contributed by atoms with van der Waals surface area (Å²) in [5.41, 5.74) is 0. The van der Waals surface area contributed by atoms with Crippen LogP contribution in [-0.2, 0) is 52.2 Å². The van der Waals surface area contributed by atoms with Gasteiger partial charge in [-0.1, -0.05) is 97.3 Å². The van der Waals surface area contributed by atoms with E-state index in [0.29, 0.717) is 125 Å². The SMILES string of the molecule is CCCCCCCCCCOCCOCCOCCOCCOCCOCCOCCOCCOCCOC(=O)CCCCCCCCC. The summed E-state index contributed by atoms with van der Waals surface area (Å²) < 4.78 is 54.8. The van der Waals surface area contributed by atoms with Crippen LogP contribution in [0.5, 0.6) is 0 Å². The Hall–Kier alpha value is -0.890. The molecule has 0 amide bonds. The third kappa shape index (κ3) is 45.1. The predicted molar refractivity (Wildman–Crippen MR) is 194 cm³/mol. The zero-order valence-electron chi connectivity index (χ0n) is 31.7. The molecule has 49 heavy (non-hydrogen) atoms. The molecule has 0 aliphatic carbocycles. The first-order chi connectivity index (χ1) is 24.3. The first-order valence-corrected chi connectivity index (χ1v) is 19.7. The largest absolute Gasteiger partial charge is 0.463 e. The van der Waals surface area contributed by atoms with Crippen molar-refractivity contribution in [2.75, 3.05) is 126 Å². The van der Waals surface area contributed by atoms with Gasteiger partial charge in [-0.3, -0.25) is 4.79 Å². The van der Waals surface area contributed by atoms with Crippen molar-refractivity contribution >= 4 is 5.97 Å². The van der Waals surface area contributed by atoms with E-state index in [1.807, 2.05) is 0 Å². The molecule has 0 spiro atoms. The Bertz CT molecular complexity index is 612. The number of hydrogen-bond acceptors (Lipinski definition) is 11. The summed E-state index contributed by atoms with van der Waals surface area (Å²) in [6, 6.07) is 0. The summed E-state index contributed by atoms with van der Waals surface area (Å²) in [6.45, 7) is 14.5. The second-order valence-electron chi connectivity index (χ2n) is 12.1. The maximum atomic E-state index is 11.7. The van der Waals surface area contributed by atoms with Gasteiger partial charge in [0.1, 0.15) is 6.61 Å². The molecule has 0 N–H and O–H groups in total. The lowest BCUT2D eigenvalue weighted by Crippen LogP contribution is -2.15. The Balaban J connectivity index is 3.09. The molecule has 0 aromatic carbocycles. The molecular weight excluding hydrogens is 632 g/mol. The summed E-state index contributed by atoms with van der Waals surface area (Å²) in [4.78, 5) is 11.7. The fourth-order valence-electron chi connectivity index (χ4n) is 4.71. The van der Waals surface area contributed by atoms with Crippen molar-refractivity contribution in [2.45, 2.75) is 117 Å². The number of unbranched alkanes of at least 4 members (excludes halogenated alkanes) is 13. The molecule has 0 saturated heterocycles. The second kappa shape index (κ2) is 45.1. The third-order valence-electron chi connectivity index (χ3n) is 7.59. The van der Waals surface area contributed by atoms with E-state index in [1.54, 1.807) is 0 Å². The summed E-state index contributed by atoms with van der Waals surface area (Å²) in [5.74, 6) is -0.136. The van der Waals surface area contributed by atoms with Gasteiger partial charge in [-0.25, -0.2) is 0 Å². The lowest BCUT2D eigenvalue weighted by atomic mass is 10.1. The quantitative estimate of drug-likeness (QED) is 0.0484. The zero-order chi connectivity index (χ0) is 35.4. The van der Waals surface area contributed by atoms with Crippen LogP contribution >= 0.6 is 0 Å². The average Bonchev–Trinajstić information content (AvgIpc) is 3.11. The van der Waals surface area contributed by atoms with E-state index in [1.165, 1.54) is 77.0 Å². The van der Waals surface area contributed by atoms with Crippen molar-refractivity contribution in [1.82, 2.24) is 0 Å². The molecule has 0 aliphatic rings. The average molecular weight is 709 g/mol. The van der Waals surface area contributed by atoms with Crippen molar-refractivity contribution < 1.29 is 52.2 Å². The number of hydrogen-bond donors (Lipinski definition) is 0. The fraction of sp³-hybridized carbons (Fsp3) is 0.974. The molecule has 11 heteroatoms. The van der Waals surface area contributed by atoms with Crippen molar-refractivity contribution in [3.05, 3.63) is 0 Å². The Morgan fingerprint density at radius 3 is 0.857 bits per heavy atom. The summed E-state index contributed by atoms with van der Waals surface area (Å²) in [5, 5.41) is 0. The maximum absolute atomic E-state index is 11.7. The van der Waals surface area contributed by atoms with Crippen molar-refractivity contribution in [1.29, 1.82) is 0 Å². The van der Waals surface area contributed by atoms with Crippen LogP contribution in [0.25, 0.3) is 0 Å². The molecule has 0 fully saturated rings. The second-order valence-corrected chi connectivity index (χ2v) is 12.1. The van der Waals surface area contributed by atoms with Gasteiger partial charge in [0.15, 0.2) is 0 Å². The van der Waals surface area contributed by atoms with Gasteiger partial charge in [-0.2, -0.15) is 0 Å². The Morgan fingerprint density at radius 1 is 0.286 bits per heavy atom. The topological polar surface area (TPSA) is 109 Å². The summed E-state index contributed by atoms with van der Waals surface area (Å²) in [6.07, 6.45) is 19.4. The third-order valence-corrected chi connectivity index (χ3v) is 7.59. The molecule has 0 atom stereocenters. The number of rotatable bonds is 44. The zero-order valence-corrected chi connectivity index (χ0v) is 31.7. The Kier molecular flexibility index (Phi) is 44.3. The van der Waals surface area contributed by atoms with Crippen molar-refractivity contribution in [2.24, 2.45) is 0 Å². The van der Waals surface area contributed by atoms with E-state index in [-0.39, 0.29) is 5.97 Å². The molecule has 11 nitrogen and oxygen atoms in total. The molecule has 0 unspecified atom stereocenters.